The van der Waals surface area contributed by atoms with E-state index in [-0.39, 0.29) is 17.7 Å². The van der Waals surface area contributed by atoms with Crippen LogP contribution in [-0.4, -0.2) is 4.57 Å². The van der Waals surface area contributed by atoms with Gasteiger partial charge in [0.1, 0.15) is 6.54 Å². The molecule has 5 heteroatoms. The largest absolute Gasteiger partial charge is 0.394 e. The standard InChI is InChI=1S/C7H6BrN3O/c8-5-3-11(2-1-9)4-6(10)7(5)12/h3-4H,2,10H2. The van der Waals surface area contributed by atoms with Crippen molar-refractivity contribution in [3.63, 3.8) is 0 Å². The fraction of sp³-hybridized carbons (Fsp3) is 0.143. The fourth-order valence-corrected chi connectivity index (χ4v) is 1.28. The van der Waals surface area contributed by atoms with Crippen molar-refractivity contribution in [3.05, 3.63) is 27.1 Å². The number of nitrogens with two attached hydrogens (primary N) is 1. The minimum absolute atomic E-state index is 0.139. The van der Waals surface area contributed by atoms with Crippen molar-refractivity contribution in [2.45, 2.75) is 6.54 Å². The van der Waals surface area contributed by atoms with Crippen molar-refractivity contribution in [1.29, 1.82) is 5.26 Å². The van der Waals surface area contributed by atoms with Crippen LogP contribution in [0.25, 0.3) is 0 Å². The zero-order valence-corrected chi connectivity index (χ0v) is 7.71. The maximum absolute atomic E-state index is 11.1. The van der Waals surface area contributed by atoms with Crippen LogP contribution < -0.4 is 11.2 Å². The second-order valence-electron chi connectivity index (χ2n) is 2.22. The molecule has 0 aliphatic rings. The molecule has 1 aromatic heterocycles. The van der Waals surface area contributed by atoms with E-state index in [1.165, 1.54) is 12.4 Å². The van der Waals surface area contributed by atoms with Gasteiger partial charge in [-0.2, -0.15) is 5.26 Å². The molecule has 0 atom stereocenters. The average Bonchev–Trinajstić information content (AvgIpc) is 2.01. The van der Waals surface area contributed by atoms with E-state index in [1.54, 1.807) is 4.57 Å². The number of halogens is 1. The van der Waals surface area contributed by atoms with Gasteiger partial charge in [0.25, 0.3) is 0 Å². The highest BCUT2D eigenvalue weighted by atomic mass is 79.9. The Morgan fingerprint density at radius 2 is 2.33 bits per heavy atom. The third-order valence-electron chi connectivity index (χ3n) is 1.32. The van der Waals surface area contributed by atoms with Crippen molar-refractivity contribution in [2.24, 2.45) is 0 Å². The summed E-state index contributed by atoms with van der Waals surface area (Å²) in [6.07, 6.45) is 2.97. The molecule has 0 aromatic carbocycles. The molecule has 4 nitrogen and oxygen atoms in total. The van der Waals surface area contributed by atoms with Gasteiger partial charge in [-0.1, -0.05) is 0 Å². The molecule has 0 unspecified atom stereocenters. The summed E-state index contributed by atoms with van der Waals surface area (Å²) in [5.41, 5.74) is 5.27. The molecule has 0 radical (unpaired) electrons. The van der Waals surface area contributed by atoms with Gasteiger partial charge >= 0.3 is 0 Å². The van der Waals surface area contributed by atoms with Crippen LogP contribution in [0.4, 0.5) is 5.69 Å². The van der Waals surface area contributed by atoms with E-state index in [0.29, 0.717) is 4.47 Å². The summed E-state index contributed by atoms with van der Waals surface area (Å²) in [7, 11) is 0. The average molecular weight is 228 g/mol. The van der Waals surface area contributed by atoms with Crippen LogP contribution in [0, 0.1) is 11.3 Å². The number of hydrogen-bond donors (Lipinski definition) is 1. The highest BCUT2D eigenvalue weighted by molar-refractivity contribution is 9.10. The van der Waals surface area contributed by atoms with Crippen molar-refractivity contribution >= 4 is 21.6 Å². The van der Waals surface area contributed by atoms with Crippen LogP contribution in [0.5, 0.6) is 0 Å². The van der Waals surface area contributed by atoms with Gasteiger partial charge in [-0.25, -0.2) is 0 Å². The lowest BCUT2D eigenvalue weighted by Crippen LogP contribution is -2.12. The van der Waals surface area contributed by atoms with Crippen LogP contribution in [0.15, 0.2) is 21.7 Å². The molecule has 1 rings (SSSR count). The first kappa shape index (κ1) is 8.81. The monoisotopic (exact) mass is 227 g/mol. The first-order valence-electron chi connectivity index (χ1n) is 3.17. The van der Waals surface area contributed by atoms with Crippen LogP contribution in [0.1, 0.15) is 0 Å². The predicted molar refractivity (Wildman–Crippen MR) is 48.4 cm³/mol. The third-order valence-corrected chi connectivity index (χ3v) is 1.88. The Morgan fingerprint density at radius 1 is 1.67 bits per heavy atom. The maximum Gasteiger partial charge on any atom is 0.218 e. The van der Waals surface area contributed by atoms with Crippen molar-refractivity contribution in [3.8, 4) is 6.07 Å². The van der Waals surface area contributed by atoms with Crippen LogP contribution in [-0.2, 0) is 6.54 Å². The highest BCUT2D eigenvalue weighted by Gasteiger charge is 2.00. The van der Waals surface area contributed by atoms with Gasteiger partial charge in [0.2, 0.25) is 5.43 Å². The normalized spacial score (nSPS) is 9.33. The first-order chi connectivity index (χ1) is 5.65. The third kappa shape index (κ3) is 1.66. The molecular formula is C7H6BrN3O. The Bertz CT molecular complexity index is 364. The number of pyridine rings is 1. The number of rotatable bonds is 1. The van der Waals surface area contributed by atoms with E-state index < -0.39 is 0 Å². The molecule has 0 saturated carbocycles. The second-order valence-corrected chi connectivity index (χ2v) is 3.08. The number of aromatic nitrogens is 1. The Kier molecular flexibility index (Phi) is 2.51. The van der Waals surface area contributed by atoms with Gasteiger partial charge in [0, 0.05) is 12.4 Å². The number of anilines is 1. The fourth-order valence-electron chi connectivity index (χ4n) is 0.790. The Labute approximate surface area is 77.4 Å². The lowest BCUT2D eigenvalue weighted by molar-refractivity contribution is 0.819. The summed E-state index contributed by atoms with van der Waals surface area (Å²) in [6, 6.07) is 1.94. The van der Waals surface area contributed by atoms with Gasteiger partial charge < -0.3 is 10.3 Å². The second kappa shape index (κ2) is 3.41. The highest BCUT2D eigenvalue weighted by Crippen LogP contribution is 2.05. The summed E-state index contributed by atoms with van der Waals surface area (Å²) >= 11 is 3.04. The molecule has 0 bridgehead atoms. The zero-order valence-electron chi connectivity index (χ0n) is 6.12. The van der Waals surface area contributed by atoms with Gasteiger partial charge in [-0.15, -0.1) is 0 Å². The molecule has 12 heavy (non-hydrogen) atoms. The van der Waals surface area contributed by atoms with Crippen molar-refractivity contribution in [2.75, 3.05) is 5.73 Å². The van der Waals surface area contributed by atoms with E-state index in [9.17, 15) is 4.79 Å². The van der Waals surface area contributed by atoms with E-state index in [0.717, 1.165) is 0 Å². The van der Waals surface area contributed by atoms with Gasteiger partial charge in [-0.05, 0) is 15.9 Å². The zero-order chi connectivity index (χ0) is 9.14. The molecule has 0 aliphatic heterocycles. The number of nitrogen functional groups attached to an aromatic ring is 1. The molecule has 1 heterocycles. The Hall–Kier alpha value is -1.28. The molecule has 0 amide bonds. The van der Waals surface area contributed by atoms with Crippen molar-refractivity contribution in [1.82, 2.24) is 4.57 Å². The number of nitrogens with zero attached hydrogens (tertiary/aromatic N) is 2. The Morgan fingerprint density at radius 3 is 2.83 bits per heavy atom. The minimum atomic E-state index is -0.246. The lowest BCUT2D eigenvalue weighted by Gasteiger charge is -2.01. The molecule has 0 saturated heterocycles. The maximum atomic E-state index is 11.1. The molecule has 0 aliphatic carbocycles. The molecule has 1 aromatic rings. The van der Waals surface area contributed by atoms with Crippen LogP contribution in [0.2, 0.25) is 0 Å². The summed E-state index contributed by atoms with van der Waals surface area (Å²) in [5, 5.41) is 8.37. The first-order valence-corrected chi connectivity index (χ1v) is 3.96. The number of nitriles is 1. The van der Waals surface area contributed by atoms with Crippen LogP contribution >= 0.6 is 15.9 Å². The smallest absolute Gasteiger partial charge is 0.218 e. The lowest BCUT2D eigenvalue weighted by atomic mass is 10.4. The van der Waals surface area contributed by atoms with E-state index >= 15 is 0 Å². The SMILES string of the molecule is N#CCn1cc(N)c(=O)c(Br)c1. The quantitative estimate of drug-likeness (QED) is 0.769. The number of hydrogen-bond acceptors (Lipinski definition) is 3. The molecule has 0 fully saturated rings. The predicted octanol–water partition coefficient (Wildman–Crippen LogP) is 0.717. The minimum Gasteiger partial charge on any atom is -0.394 e. The molecule has 0 spiro atoms. The van der Waals surface area contributed by atoms with Crippen LogP contribution in [0.3, 0.4) is 0 Å². The molecular weight excluding hydrogens is 222 g/mol. The van der Waals surface area contributed by atoms with E-state index in [4.69, 9.17) is 11.0 Å². The molecule has 62 valence electrons. The van der Waals surface area contributed by atoms with E-state index in [1.807, 2.05) is 6.07 Å². The topological polar surface area (TPSA) is 71.8 Å². The summed E-state index contributed by atoms with van der Waals surface area (Å²) in [4.78, 5) is 11.1. The van der Waals surface area contributed by atoms with Crippen molar-refractivity contribution < 1.29 is 0 Å². The van der Waals surface area contributed by atoms with Gasteiger partial charge in [-0.3, -0.25) is 4.79 Å². The van der Waals surface area contributed by atoms with Gasteiger partial charge in [0.05, 0.1) is 16.2 Å². The molecule has 2 N–H and O–H groups in total. The summed E-state index contributed by atoms with van der Waals surface area (Å²) in [6.45, 7) is 0.184. The summed E-state index contributed by atoms with van der Waals surface area (Å²) in [5.74, 6) is 0. The summed E-state index contributed by atoms with van der Waals surface area (Å²) < 4.78 is 1.92. The Balaban J connectivity index is 3.24. The van der Waals surface area contributed by atoms with Gasteiger partial charge in [0.15, 0.2) is 0 Å². The van der Waals surface area contributed by atoms with E-state index in [2.05, 4.69) is 15.9 Å².